The molecule has 1 amide bonds. The summed E-state index contributed by atoms with van der Waals surface area (Å²) in [7, 11) is 0. The van der Waals surface area contributed by atoms with E-state index in [2.05, 4.69) is 22.5 Å². The van der Waals surface area contributed by atoms with Crippen LogP contribution in [0.2, 0.25) is 0 Å². The maximum absolute atomic E-state index is 12.2. The van der Waals surface area contributed by atoms with Crippen LogP contribution in [0.4, 0.5) is 0 Å². The summed E-state index contributed by atoms with van der Waals surface area (Å²) in [6.45, 7) is 6.85. The lowest BCUT2D eigenvalue weighted by molar-refractivity contribution is 0.0953. The van der Waals surface area contributed by atoms with E-state index in [1.807, 2.05) is 48.0 Å². The number of carbonyl (C=O) groups is 1. The molecule has 2 aromatic heterocycles. The zero-order valence-corrected chi connectivity index (χ0v) is 18.3. The molecule has 1 aromatic carbocycles. The number of hydrogen-bond donors (Lipinski definition) is 2. The Morgan fingerprint density at radius 3 is 2.72 bits per heavy atom. The number of ether oxygens (including phenoxy) is 1. The summed E-state index contributed by atoms with van der Waals surface area (Å²) in [6.07, 6.45) is 5.08. The number of imidazole rings is 1. The van der Waals surface area contributed by atoms with Crippen molar-refractivity contribution >= 4 is 36.4 Å². The van der Waals surface area contributed by atoms with Crippen LogP contribution in [-0.2, 0) is 6.61 Å². The van der Waals surface area contributed by atoms with Gasteiger partial charge in [-0.2, -0.15) is 0 Å². The number of rotatable bonds is 9. The third-order valence-corrected chi connectivity index (χ3v) is 4.15. The summed E-state index contributed by atoms with van der Waals surface area (Å²) in [5.74, 6) is 0.557. The second-order valence-corrected chi connectivity index (χ2v) is 6.53. The van der Waals surface area contributed by atoms with Crippen molar-refractivity contribution in [2.24, 2.45) is 0 Å². The van der Waals surface area contributed by atoms with Crippen molar-refractivity contribution in [2.75, 3.05) is 19.6 Å². The minimum absolute atomic E-state index is 0. The second kappa shape index (κ2) is 12.3. The van der Waals surface area contributed by atoms with Crippen molar-refractivity contribution in [1.29, 1.82) is 0 Å². The molecule has 3 rings (SSSR count). The van der Waals surface area contributed by atoms with Gasteiger partial charge in [-0.05, 0) is 49.7 Å². The molecule has 2 heterocycles. The van der Waals surface area contributed by atoms with Crippen molar-refractivity contribution in [1.82, 2.24) is 20.0 Å². The molecule has 3 aromatic rings. The Labute approximate surface area is 183 Å². The molecule has 0 atom stereocenters. The van der Waals surface area contributed by atoms with Gasteiger partial charge in [-0.3, -0.25) is 4.79 Å². The van der Waals surface area contributed by atoms with Crippen LogP contribution in [0.15, 0.2) is 48.8 Å². The molecule has 0 bridgehead atoms. The number of nitrogens with one attached hydrogen (secondary N) is 2. The maximum atomic E-state index is 12.2. The summed E-state index contributed by atoms with van der Waals surface area (Å²) < 4.78 is 7.82. The first-order valence-corrected chi connectivity index (χ1v) is 9.31. The molecule has 29 heavy (non-hydrogen) atoms. The van der Waals surface area contributed by atoms with Crippen LogP contribution in [-0.4, -0.2) is 34.9 Å². The average Bonchev–Trinajstić information content (AvgIpc) is 3.08. The Kier molecular flexibility index (Phi) is 10.5. The molecule has 0 aliphatic rings. The van der Waals surface area contributed by atoms with Crippen LogP contribution >= 0.6 is 24.8 Å². The van der Waals surface area contributed by atoms with Gasteiger partial charge in [0.15, 0.2) is 0 Å². The fourth-order valence-corrected chi connectivity index (χ4v) is 2.78. The van der Waals surface area contributed by atoms with E-state index in [4.69, 9.17) is 4.74 Å². The fraction of sp³-hybridized carbons (Fsp3) is 0.333. The molecule has 8 heteroatoms. The van der Waals surface area contributed by atoms with Gasteiger partial charge in [-0.15, -0.1) is 24.8 Å². The zero-order valence-electron chi connectivity index (χ0n) is 16.7. The molecule has 0 aliphatic carbocycles. The molecule has 0 unspecified atom stereocenters. The van der Waals surface area contributed by atoms with Gasteiger partial charge in [-0.25, -0.2) is 4.98 Å². The average molecular weight is 439 g/mol. The summed E-state index contributed by atoms with van der Waals surface area (Å²) in [5, 5.41) is 6.17. The third kappa shape index (κ3) is 7.24. The highest BCUT2D eigenvalue weighted by Crippen LogP contribution is 2.16. The van der Waals surface area contributed by atoms with Gasteiger partial charge in [0.1, 0.15) is 18.0 Å². The van der Waals surface area contributed by atoms with E-state index in [1.54, 1.807) is 12.1 Å². The van der Waals surface area contributed by atoms with Gasteiger partial charge in [0.25, 0.3) is 5.91 Å². The Morgan fingerprint density at radius 2 is 1.93 bits per heavy atom. The number of aryl methyl sites for hydroxylation is 1. The lowest BCUT2D eigenvalue weighted by atomic mass is 10.2. The van der Waals surface area contributed by atoms with Crippen LogP contribution in [0.3, 0.4) is 0 Å². The van der Waals surface area contributed by atoms with Gasteiger partial charge < -0.3 is 19.8 Å². The monoisotopic (exact) mass is 438 g/mol. The predicted molar refractivity (Wildman–Crippen MR) is 121 cm³/mol. The van der Waals surface area contributed by atoms with Crippen molar-refractivity contribution in [3.63, 3.8) is 0 Å². The maximum Gasteiger partial charge on any atom is 0.251 e. The summed E-state index contributed by atoms with van der Waals surface area (Å²) in [6, 6.07) is 11.2. The van der Waals surface area contributed by atoms with E-state index in [1.165, 1.54) is 5.56 Å². The Hall–Kier alpha value is -2.28. The van der Waals surface area contributed by atoms with Crippen LogP contribution in [0, 0.1) is 6.92 Å². The number of nitrogens with zero attached hydrogens (tertiary/aromatic N) is 2. The zero-order chi connectivity index (χ0) is 19.1. The van der Waals surface area contributed by atoms with E-state index >= 15 is 0 Å². The first-order chi connectivity index (χ1) is 13.2. The van der Waals surface area contributed by atoms with Crippen LogP contribution in [0.1, 0.15) is 35.0 Å². The molecular formula is C21H28Cl2N4O2. The fourth-order valence-electron chi connectivity index (χ4n) is 2.78. The van der Waals surface area contributed by atoms with E-state index in [0.717, 1.165) is 30.9 Å². The predicted octanol–water partition coefficient (Wildman–Crippen LogP) is 3.79. The Morgan fingerprint density at radius 1 is 1.10 bits per heavy atom. The quantitative estimate of drug-likeness (QED) is 0.498. The van der Waals surface area contributed by atoms with Gasteiger partial charge in [0.2, 0.25) is 0 Å². The minimum Gasteiger partial charge on any atom is -0.487 e. The molecule has 6 nitrogen and oxygen atoms in total. The second-order valence-electron chi connectivity index (χ2n) is 6.53. The van der Waals surface area contributed by atoms with Crippen LogP contribution < -0.4 is 15.4 Å². The van der Waals surface area contributed by atoms with Crippen LogP contribution in [0.5, 0.6) is 5.75 Å². The molecule has 2 N–H and O–H groups in total. The van der Waals surface area contributed by atoms with Crippen molar-refractivity contribution in [2.45, 2.75) is 26.9 Å². The highest BCUT2D eigenvalue weighted by Gasteiger charge is 2.07. The SMILES string of the molecule is CCCNCCNC(=O)c1cccc(OCc2cn3cc(C)ccc3n2)c1.Cl.Cl. The highest BCUT2D eigenvalue weighted by atomic mass is 35.5. The topological polar surface area (TPSA) is 67.7 Å². The molecule has 0 fully saturated rings. The van der Waals surface area contributed by atoms with E-state index in [-0.39, 0.29) is 30.7 Å². The van der Waals surface area contributed by atoms with E-state index < -0.39 is 0 Å². The minimum atomic E-state index is -0.0954. The van der Waals surface area contributed by atoms with Crippen LogP contribution in [0.25, 0.3) is 5.65 Å². The number of carbonyl (C=O) groups excluding carboxylic acids is 1. The van der Waals surface area contributed by atoms with E-state index in [0.29, 0.717) is 24.5 Å². The standard InChI is InChI=1S/C21H26N4O2.2ClH/c1-3-9-22-10-11-23-21(26)17-5-4-6-19(12-17)27-15-18-14-25-13-16(2)7-8-20(25)24-18;;/h4-8,12-14,22H,3,9-11,15H2,1-2H3,(H,23,26);2*1H. The third-order valence-electron chi connectivity index (χ3n) is 4.15. The van der Waals surface area contributed by atoms with Gasteiger partial charge >= 0.3 is 0 Å². The molecule has 0 saturated heterocycles. The number of benzene rings is 1. The Balaban J connectivity index is 0.00000210. The summed E-state index contributed by atoms with van der Waals surface area (Å²) in [5.41, 5.74) is 3.51. The lowest BCUT2D eigenvalue weighted by Gasteiger charge is -2.08. The first-order valence-electron chi connectivity index (χ1n) is 9.31. The number of fused-ring (bicyclic) bond motifs is 1. The molecule has 0 aliphatic heterocycles. The number of pyridine rings is 1. The lowest BCUT2D eigenvalue weighted by Crippen LogP contribution is -2.32. The number of amides is 1. The van der Waals surface area contributed by atoms with Crippen molar-refractivity contribution in [3.05, 3.63) is 65.6 Å². The first kappa shape index (κ1) is 24.8. The number of aromatic nitrogens is 2. The van der Waals surface area contributed by atoms with Crippen molar-refractivity contribution in [3.8, 4) is 5.75 Å². The number of halogens is 2. The highest BCUT2D eigenvalue weighted by molar-refractivity contribution is 5.94. The normalized spacial score (nSPS) is 10.1. The molecule has 158 valence electrons. The number of hydrogen-bond acceptors (Lipinski definition) is 4. The summed E-state index contributed by atoms with van der Waals surface area (Å²) in [4.78, 5) is 16.8. The van der Waals surface area contributed by atoms with Gasteiger partial charge in [0, 0.05) is 31.0 Å². The molecule has 0 radical (unpaired) electrons. The largest absolute Gasteiger partial charge is 0.487 e. The molecule has 0 saturated carbocycles. The van der Waals surface area contributed by atoms with E-state index in [9.17, 15) is 4.79 Å². The van der Waals surface area contributed by atoms with Gasteiger partial charge in [-0.1, -0.05) is 19.1 Å². The van der Waals surface area contributed by atoms with Crippen molar-refractivity contribution < 1.29 is 9.53 Å². The Bertz CT molecular complexity index is 915. The molecule has 0 spiro atoms. The smallest absolute Gasteiger partial charge is 0.251 e. The van der Waals surface area contributed by atoms with Gasteiger partial charge in [0.05, 0.1) is 5.69 Å². The molecular weight excluding hydrogens is 411 g/mol. The summed E-state index contributed by atoms with van der Waals surface area (Å²) >= 11 is 0.